The summed E-state index contributed by atoms with van der Waals surface area (Å²) >= 11 is 0. The van der Waals surface area contributed by atoms with Crippen molar-refractivity contribution in [3.63, 3.8) is 0 Å². The summed E-state index contributed by atoms with van der Waals surface area (Å²) in [6.45, 7) is 6.24. The highest BCUT2D eigenvalue weighted by Gasteiger charge is 1.98. The van der Waals surface area contributed by atoms with Crippen LogP contribution in [0.15, 0.2) is 46.6 Å². The molecule has 2 N–H and O–H groups in total. The third-order valence-corrected chi connectivity index (χ3v) is 3.62. The van der Waals surface area contributed by atoms with Crippen LogP contribution in [-0.4, -0.2) is 29.7 Å². The number of carbonyl (C=O) groups is 1. The molecule has 0 aliphatic carbocycles. The summed E-state index contributed by atoms with van der Waals surface area (Å²) in [5.41, 5.74) is 4.27. The van der Waals surface area contributed by atoms with Crippen LogP contribution in [0.5, 0.6) is 0 Å². The molecular formula is C20H32O3. The molecule has 23 heavy (non-hydrogen) atoms. The van der Waals surface area contributed by atoms with Crippen molar-refractivity contribution < 1.29 is 15.0 Å². The van der Waals surface area contributed by atoms with E-state index in [0.29, 0.717) is 0 Å². The Labute approximate surface area is 141 Å². The molecule has 0 bridgehead atoms. The van der Waals surface area contributed by atoms with E-state index in [4.69, 9.17) is 5.11 Å². The van der Waals surface area contributed by atoms with Gasteiger partial charge in [0.1, 0.15) is 6.29 Å². The molecular weight excluding hydrogens is 288 g/mol. The Morgan fingerprint density at radius 1 is 0.826 bits per heavy atom. The smallest absolute Gasteiger partial charge is 0.145 e. The first-order chi connectivity index (χ1) is 11.0. The fraction of sp³-hybridized carbons (Fsp3) is 0.550. The number of carbonyl (C=O) groups excluding carboxylic acids is 1. The number of aldehydes is 1. The quantitative estimate of drug-likeness (QED) is 0.321. The second-order valence-electron chi connectivity index (χ2n) is 6.05. The number of hydrogen-bond donors (Lipinski definition) is 2. The number of aliphatic hydroxyl groups is 2. The minimum Gasteiger partial charge on any atom is -0.392 e. The van der Waals surface area contributed by atoms with Crippen LogP contribution >= 0.6 is 0 Å². The molecule has 0 amide bonds. The Bertz CT molecular complexity index is 450. The van der Waals surface area contributed by atoms with E-state index in [1.165, 1.54) is 5.57 Å². The minimum absolute atomic E-state index is 0.0603. The van der Waals surface area contributed by atoms with E-state index in [1.54, 1.807) is 6.08 Å². The van der Waals surface area contributed by atoms with Gasteiger partial charge in [-0.25, -0.2) is 0 Å². The molecule has 0 aliphatic heterocycles. The van der Waals surface area contributed by atoms with E-state index in [2.05, 4.69) is 26.0 Å². The van der Waals surface area contributed by atoms with Crippen molar-refractivity contribution in [1.82, 2.24) is 0 Å². The van der Waals surface area contributed by atoms with Gasteiger partial charge in [0, 0.05) is 0 Å². The van der Waals surface area contributed by atoms with E-state index in [9.17, 15) is 9.90 Å². The molecule has 0 radical (unpaired) electrons. The zero-order valence-electron chi connectivity index (χ0n) is 14.8. The van der Waals surface area contributed by atoms with Crippen molar-refractivity contribution in [1.29, 1.82) is 0 Å². The lowest BCUT2D eigenvalue weighted by molar-refractivity contribution is -0.105. The van der Waals surface area contributed by atoms with Gasteiger partial charge in [0.25, 0.3) is 0 Å². The fourth-order valence-electron chi connectivity index (χ4n) is 2.19. The van der Waals surface area contributed by atoms with Crippen LogP contribution in [0.25, 0.3) is 0 Å². The number of allylic oxidation sites excluding steroid dienone is 6. The zero-order valence-corrected chi connectivity index (χ0v) is 14.8. The summed E-state index contributed by atoms with van der Waals surface area (Å²) in [5, 5.41) is 18.2. The first-order valence-corrected chi connectivity index (χ1v) is 8.36. The molecule has 0 atom stereocenters. The molecule has 0 saturated carbocycles. The SMILES string of the molecule is CC(C)=CCC/C(C=O)=C\CC/C(=C/CC/C(C)=C/CO)CO. The summed E-state index contributed by atoms with van der Waals surface area (Å²) in [6, 6.07) is 0. The van der Waals surface area contributed by atoms with E-state index in [0.717, 1.165) is 61.5 Å². The van der Waals surface area contributed by atoms with Crippen LogP contribution in [-0.2, 0) is 4.79 Å². The van der Waals surface area contributed by atoms with Gasteiger partial charge in [-0.15, -0.1) is 0 Å². The van der Waals surface area contributed by atoms with Crippen LogP contribution in [0.4, 0.5) is 0 Å². The second kappa shape index (κ2) is 14.2. The molecule has 0 rings (SSSR count). The van der Waals surface area contributed by atoms with Gasteiger partial charge in [0.2, 0.25) is 0 Å². The van der Waals surface area contributed by atoms with Gasteiger partial charge in [-0.3, -0.25) is 4.79 Å². The number of aliphatic hydroxyl groups excluding tert-OH is 2. The topological polar surface area (TPSA) is 57.5 Å². The highest BCUT2D eigenvalue weighted by Crippen LogP contribution is 2.13. The van der Waals surface area contributed by atoms with Crippen molar-refractivity contribution in [2.24, 2.45) is 0 Å². The van der Waals surface area contributed by atoms with Crippen LogP contribution in [0.2, 0.25) is 0 Å². The molecule has 3 nitrogen and oxygen atoms in total. The molecule has 0 spiro atoms. The predicted molar refractivity (Wildman–Crippen MR) is 97.3 cm³/mol. The lowest BCUT2D eigenvalue weighted by Crippen LogP contribution is -1.92. The van der Waals surface area contributed by atoms with E-state index in [-0.39, 0.29) is 13.2 Å². The molecule has 3 heteroatoms. The maximum absolute atomic E-state index is 11.1. The van der Waals surface area contributed by atoms with Crippen LogP contribution in [0, 0.1) is 0 Å². The summed E-state index contributed by atoms with van der Waals surface area (Å²) in [4.78, 5) is 11.1. The first-order valence-electron chi connectivity index (χ1n) is 8.36. The largest absolute Gasteiger partial charge is 0.392 e. The van der Waals surface area contributed by atoms with Gasteiger partial charge in [-0.05, 0) is 70.4 Å². The molecule has 0 aliphatic rings. The predicted octanol–water partition coefficient (Wildman–Crippen LogP) is 4.28. The maximum atomic E-state index is 11.1. The summed E-state index contributed by atoms with van der Waals surface area (Å²) < 4.78 is 0. The molecule has 0 aromatic carbocycles. The van der Waals surface area contributed by atoms with Crippen molar-refractivity contribution in [3.05, 3.63) is 46.6 Å². The van der Waals surface area contributed by atoms with Gasteiger partial charge >= 0.3 is 0 Å². The van der Waals surface area contributed by atoms with Crippen molar-refractivity contribution in [2.45, 2.75) is 59.3 Å². The molecule has 0 aromatic heterocycles. The molecule has 0 heterocycles. The fourth-order valence-corrected chi connectivity index (χ4v) is 2.19. The van der Waals surface area contributed by atoms with Crippen LogP contribution in [0.3, 0.4) is 0 Å². The third kappa shape index (κ3) is 12.8. The van der Waals surface area contributed by atoms with Crippen molar-refractivity contribution in [3.8, 4) is 0 Å². The average Bonchev–Trinajstić information content (AvgIpc) is 2.51. The minimum atomic E-state index is 0.0603. The summed E-state index contributed by atoms with van der Waals surface area (Å²) in [7, 11) is 0. The molecule has 0 saturated heterocycles. The third-order valence-electron chi connectivity index (χ3n) is 3.62. The Hall–Kier alpha value is -1.45. The van der Waals surface area contributed by atoms with E-state index < -0.39 is 0 Å². The standard InChI is InChI=1S/C20H32O3/c1-17(2)7-4-9-19(15-22)11-6-12-20(16-23)10-5-8-18(3)13-14-21/h7,10-11,13,15,21,23H,4-6,8-9,12,14,16H2,1-3H3/b18-13+,19-11+,20-10-. The lowest BCUT2D eigenvalue weighted by Gasteiger charge is -2.04. The average molecular weight is 320 g/mol. The second-order valence-corrected chi connectivity index (χ2v) is 6.05. The normalized spacial score (nSPS) is 13.2. The zero-order chi connectivity index (χ0) is 17.5. The van der Waals surface area contributed by atoms with Gasteiger partial charge in [-0.1, -0.05) is 35.5 Å². The maximum Gasteiger partial charge on any atom is 0.145 e. The number of hydrogen-bond acceptors (Lipinski definition) is 3. The molecule has 130 valence electrons. The van der Waals surface area contributed by atoms with Gasteiger partial charge in [0.15, 0.2) is 0 Å². The monoisotopic (exact) mass is 320 g/mol. The summed E-state index contributed by atoms with van der Waals surface area (Å²) in [5.74, 6) is 0. The lowest BCUT2D eigenvalue weighted by atomic mass is 10.0. The van der Waals surface area contributed by atoms with Crippen LogP contribution < -0.4 is 0 Å². The Morgan fingerprint density at radius 2 is 1.48 bits per heavy atom. The molecule has 0 aromatic rings. The van der Waals surface area contributed by atoms with Gasteiger partial charge in [-0.2, -0.15) is 0 Å². The highest BCUT2D eigenvalue weighted by atomic mass is 16.3. The first kappa shape index (κ1) is 21.6. The molecule has 0 unspecified atom stereocenters. The van der Waals surface area contributed by atoms with E-state index in [1.807, 2.05) is 13.0 Å². The highest BCUT2D eigenvalue weighted by molar-refractivity contribution is 5.73. The van der Waals surface area contributed by atoms with Crippen LogP contribution in [0.1, 0.15) is 59.3 Å². The van der Waals surface area contributed by atoms with E-state index >= 15 is 0 Å². The Morgan fingerprint density at radius 3 is 2.04 bits per heavy atom. The van der Waals surface area contributed by atoms with Gasteiger partial charge < -0.3 is 10.2 Å². The van der Waals surface area contributed by atoms with Gasteiger partial charge in [0.05, 0.1) is 13.2 Å². The Balaban J connectivity index is 4.31. The van der Waals surface area contributed by atoms with Crippen molar-refractivity contribution in [2.75, 3.05) is 13.2 Å². The molecule has 0 fully saturated rings. The number of rotatable bonds is 12. The van der Waals surface area contributed by atoms with Crippen molar-refractivity contribution >= 4 is 6.29 Å². The Kier molecular flexibility index (Phi) is 13.3. The summed E-state index contributed by atoms with van der Waals surface area (Å²) in [6.07, 6.45) is 13.9.